The SMILES string of the molecule is CCN(C(C)=O)c1ccc2c(c1)NC(C)(C)CC2C. The average Bonchev–Trinajstić information content (AvgIpc) is 2.27. The lowest BCUT2D eigenvalue weighted by Gasteiger charge is -2.38. The van der Waals surface area contributed by atoms with Crippen LogP contribution in [0.15, 0.2) is 18.2 Å². The Bertz CT molecular complexity index is 494. The Balaban J connectivity index is 2.41. The maximum absolute atomic E-state index is 11.6. The van der Waals surface area contributed by atoms with Gasteiger partial charge in [-0.25, -0.2) is 0 Å². The van der Waals surface area contributed by atoms with Gasteiger partial charge in [0.25, 0.3) is 0 Å². The van der Waals surface area contributed by atoms with Crippen molar-refractivity contribution in [2.75, 3.05) is 16.8 Å². The molecule has 1 atom stereocenters. The monoisotopic (exact) mass is 260 g/mol. The van der Waals surface area contributed by atoms with E-state index in [2.05, 4.69) is 44.3 Å². The summed E-state index contributed by atoms with van der Waals surface area (Å²) in [6, 6.07) is 6.32. The molecular weight excluding hydrogens is 236 g/mol. The molecule has 0 aromatic heterocycles. The van der Waals surface area contributed by atoms with Crippen molar-refractivity contribution in [1.29, 1.82) is 0 Å². The highest BCUT2D eigenvalue weighted by atomic mass is 16.2. The van der Waals surface area contributed by atoms with Gasteiger partial charge in [0.05, 0.1) is 0 Å². The molecule has 0 saturated carbocycles. The number of nitrogens with zero attached hydrogens (tertiary/aromatic N) is 1. The molecule has 0 radical (unpaired) electrons. The van der Waals surface area contributed by atoms with Crippen LogP contribution in [-0.4, -0.2) is 18.0 Å². The van der Waals surface area contributed by atoms with Gasteiger partial charge in [-0.2, -0.15) is 0 Å². The molecule has 0 saturated heterocycles. The van der Waals surface area contributed by atoms with Crippen LogP contribution in [0.3, 0.4) is 0 Å². The number of hydrogen-bond donors (Lipinski definition) is 1. The number of carbonyl (C=O) groups excluding carboxylic acids is 1. The van der Waals surface area contributed by atoms with E-state index in [0.717, 1.165) is 12.1 Å². The van der Waals surface area contributed by atoms with Crippen molar-refractivity contribution >= 4 is 17.3 Å². The Kier molecular flexibility index (Phi) is 3.57. The summed E-state index contributed by atoms with van der Waals surface area (Å²) in [5.41, 5.74) is 3.60. The minimum atomic E-state index is 0.0885. The standard InChI is InChI=1S/C16H24N2O/c1-6-18(12(3)19)13-7-8-14-11(2)10-16(4,5)17-15(14)9-13/h7-9,11,17H,6,10H2,1-5H3. The fourth-order valence-electron chi connectivity index (χ4n) is 3.13. The van der Waals surface area contributed by atoms with Crippen molar-refractivity contribution in [2.24, 2.45) is 0 Å². The molecule has 1 aliphatic heterocycles. The van der Waals surface area contributed by atoms with E-state index in [0.29, 0.717) is 12.5 Å². The van der Waals surface area contributed by atoms with Gasteiger partial charge in [-0.3, -0.25) is 4.79 Å². The van der Waals surface area contributed by atoms with E-state index in [4.69, 9.17) is 0 Å². The first kappa shape index (κ1) is 13.9. The van der Waals surface area contributed by atoms with Gasteiger partial charge in [0.15, 0.2) is 0 Å². The van der Waals surface area contributed by atoms with E-state index in [1.165, 1.54) is 11.3 Å². The summed E-state index contributed by atoms with van der Waals surface area (Å²) < 4.78 is 0. The van der Waals surface area contributed by atoms with Crippen molar-refractivity contribution in [3.05, 3.63) is 23.8 Å². The highest BCUT2D eigenvalue weighted by Gasteiger charge is 2.29. The van der Waals surface area contributed by atoms with Crippen LogP contribution >= 0.6 is 0 Å². The summed E-state index contributed by atoms with van der Waals surface area (Å²) in [4.78, 5) is 13.4. The fourth-order valence-corrected chi connectivity index (χ4v) is 3.13. The van der Waals surface area contributed by atoms with Gasteiger partial charge >= 0.3 is 0 Å². The molecule has 0 fully saturated rings. The number of amides is 1. The zero-order chi connectivity index (χ0) is 14.2. The largest absolute Gasteiger partial charge is 0.380 e. The Morgan fingerprint density at radius 3 is 2.74 bits per heavy atom. The van der Waals surface area contributed by atoms with Crippen LogP contribution in [0.25, 0.3) is 0 Å². The highest BCUT2D eigenvalue weighted by molar-refractivity contribution is 5.92. The summed E-state index contributed by atoms with van der Waals surface area (Å²) in [5.74, 6) is 0.637. The third kappa shape index (κ3) is 2.75. The van der Waals surface area contributed by atoms with E-state index < -0.39 is 0 Å². The van der Waals surface area contributed by atoms with Crippen LogP contribution in [-0.2, 0) is 4.79 Å². The molecule has 2 rings (SSSR count). The maximum Gasteiger partial charge on any atom is 0.223 e. The Hall–Kier alpha value is -1.51. The van der Waals surface area contributed by atoms with E-state index in [1.807, 2.05) is 6.92 Å². The van der Waals surface area contributed by atoms with E-state index in [-0.39, 0.29) is 11.4 Å². The molecule has 1 aromatic carbocycles. The lowest BCUT2D eigenvalue weighted by atomic mass is 9.82. The first-order valence-electron chi connectivity index (χ1n) is 7.04. The molecule has 1 amide bonds. The van der Waals surface area contributed by atoms with Crippen molar-refractivity contribution in [3.63, 3.8) is 0 Å². The minimum absolute atomic E-state index is 0.0885. The van der Waals surface area contributed by atoms with E-state index in [1.54, 1.807) is 11.8 Å². The van der Waals surface area contributed by atoms with Crippen LogP contribution in [0.4, 0.5) is 11.4 Å². The number of benzene rings is 1. The second kappa shape index (κ2) is 4.87. The maximum atomic E-state index is 11.6. The van der Waals surface area contributed by atoms with Crippen molar-refractivity contribution in [3.8, 4) is 0 Å². The van der Waals surface area contributed by atoms with Crippen molar-refractivity contribution < 1.29 is 4.79 Å². The highest BCUT2D eigenvalue weighted by Crippen LogP contribution is 2.40. The van der Waals surface area contributed by atoms with Gasteiger partial charge in [0.2, 0.25) is 5.91 Å². The summed E-state index contributed by atoms with van der Waals surface area (Å²) in [7, 11) is 0. The molecule has 0 bridgehead atoms. The normalized spacial score (nSPS) is 20.4. The smallest absolute Gasteiger partial charge is 0.223 e. The van der Waals surface area contributed by atoms with Crippen LogP contribution in [0.1, 0.15) is 52.5 Å². The number of hydrogen-bond acceptors (Lipinski definition) is 2. The molecule has 1 heterocycles. The molecular formula is C16H24N2O. The van der Waals surface area contributed by atoms with E-state index >= 15 is 0 Å². The van der Waals surface area contributed by atoms with Crippen LogP contribution in [0, 0.1) is 0 Å². The molecule has 3 nitrogen and oxygen atoms in total. The molecule has 3 heteroatoms. The van der Waals surface area contributed by atoms with Crippen LogP contribution < -0.4 is 10.2 Å². The van der Waals surface area contributed by atoms with Gasteiger partial charge in [0, 0.05) is 30.4 Å². The van der Waals surface area contributed by atoms with Crippen molar-refractivity contribution in [2.45, 2.75) is 52.5 Å². The van der Waals surface area contributed by atoms with Gasteiger partial charge in [-0.1, -0.05) is 13.0 Å². The average molecular weight is 260 g/mol. The third-order valence-electron chi connectivity index (χ3n) is 3.87. The quantitative estimate of drug-likeness (QED) is 0.878. The molecule has 19 heavy (non-hydrogen) atoms. The summed E-state index contributed by atoms with van der Waals surface area (Å²) >= 11 is 0. The zero-order valence-electron chi connectivity index (χ0n) is 12.6. The first-order chi connectivity index (χ1) is 8.84. The second-order valence-electron chi connectivity index (χ2n) is 6.15. The molecule has 1 N–H and O–H groups in total. The van der Waals surface area contributed by atoms with Crippen molar-refractivity contribution in [1.82, 2.24) is 0 Å². The number of carbonyl (C=O) groups is 1. The van der Waals surface area contributed by atoms with Gasteiger partial charge in [-0.05, 0) is 50.8 Å². The number of nitrogens with one attached hydrogen (secondary N) is 1. The lowest BCUT2D eigenvalue weighted by molar-refractivity contribution is -0.116. The third-order valence-corrected chi connectivity index (χ3v) is 3.87. The number of fused-ring (bicyclic) bond motifs is 1. The Labute approximate surface area is 116 Å². The Morgan fingerprint density at radius 2 is 2.16 bits per heavy atom. The van der Waals surface area contributed by atoms with Crippen LogP contribution in [0.5, 0.6) is 0 Å². The lowest BCUT2D eigenvalue weighted by Crippen LogP contribution is -2.37. The number of anilines is 2. The predicted octanol–water partition coefficient (Wildman–Crippen LogP) is 3.76. The molecule has 1 aromatic rings. The number of rotatable bonds is 2. The molecule has 0 spiro atoms. The van der Waals surface area contributed by atoms with Gasteiger partial charge in [-0.15, -0.1) is 0 Å². The molecule has 104 valence electrons. The summed E-state index contributed by atoms with van der Waals surface area (Å²) in [6.45, 7) is 11.0. The molecule has 0 aliphatic carbocycles. The molecule has 1 unspecified atom stereocenters. The fraction of sp³-hybridized carbons (Fsp3) is 0.562. The summed E-state index contributed by atoms with van der Waals surface area (Å²) in [6.07, 6.45) is 1.13. The van der Waals surface area contributed by atoms with E-state index in [9.17, 15) is 4.79 Å². The minimum Gasteiger partial charge on any atom is -0.380 e. The predicted molar refractivity (Wildman–Crippen MR) is 80.9 cm³/mol. The van der Waals surface area contributed by atoms with Crippen LogP contribution in [0.2, 0.25) is 0 Å². The second-order valence-corrected chi connectivity index (χ2v) is 6.15. The summed E-state index contributed by atoms with van der Waals surface area (Å²) in [5, 5.41) is 3.59. The first-order valence-corrected chi connectivity index (χ1v) is 7.04. The zero-order valence-corrected chi connectivity index (χ0v) is 12.6. The topological polar surface area (TPSA) is 32.3 Å². The van der Waals surface area contributed by atoms with Gasteiger partial charge < -0.3 is 10.2 Å². The molecule has 1 aliphatic rings. The van der Waals surface area contributed by atoms with Gasteiger partial charge in [0.1, 0.15) is 0 Å². The Morgan fingerprint density at radius 1 is 1.47 bits per heavy atom.